The van der Waals surface area contributed by atoms with Gasteiger partial charge in [-0.3, -0.25) is 4.79 Å². The quantitative estimate of drug-likeness (QED) is 0.634. The van der Waals surface area contributed by atoms with E-state index < -0.39 is 0 Å². The summed E-state index contributed by atoms with van der Waals surface area (Å²) in [5.41, 5.74) is 1.44. The fraction of sp³-hybridized carbons (Fsp3) is 0.353. The summed E-state index contributed by atoms with van der Waals surface area (Å²) in [7, 11) is 0. The number of hydrogen-bond donors (Lipinski definition) is 0. The molecule has 0 radical (unpaired) electrons. The van der Waals surface area contributed by atoms with Crippen molar-refractivity contribution in [1.82, 2.24) is 0 Å². The van der Waals surface area contributed by atoms with Crippen LogP contribution in [0.15, 0.2) is 40.2 Å². The molecular weight excluding hydrogens is 348 g/mol. The highest BCUT2D eigenvalue weighted by Gasteiger charge is 2.18. The molecule has 2 aromatic rings. The zero-order valence-electron chi connectivity index (χ0n) is 12.5. The molecule has 1 aromatic carbocycles. The fourth-order valence-electron chi connectivity index (χ4n) is 1.91. The zero-order chi connectivity index (χ0) is 15.5. The predicted molar refractivity (Wildman–Crippen MR) is 91.6 cm³/mol. The minimum atomic E-state index is -0.00478. The first-order valence-electron chi connectivity index (χ1n) is 6.93. The summed E-state index contributed by atoms with van der Waals surface area (Å²) in [5, 5.41) is 1.89. The normalized spacial score (nSPS) is 11.4. The molecule has 21 heavy (non-hydrogen) atoms. The van der Waals surface area contributed by atoms with E-state index in [4.69, 9.17) is 4.74 Å². The lowest BCUT2D eigenvalue weighted by molar-refractivity contribution is 0.0925. The Bertz CT molecular complexity index is 614. The summed E-state index contributed by atoms with van der Waals surface area (Å²) >= 11 is 4.79. The molecule has 0 aliphatic heterocycles. The first-order valence-corrected chi connectivity index (χ1v) is 8.61. The number of thiophene rings is 1. The minimum Gasteiger partial charge on any atom is -0.485 e. The van der Waals surface area contributed by atoms with Crippen LogP contribution in [0.25, 0.3) is 0 Å². The monoisotopic (exact) mass is 366 g/mol. The molecule has 0 atom stereocenters. The molecule has 2 nitrogen and oxygen atoms in total. The lowest BCUT2D eigenvalue weighted by atomic mass is 9.82. The average molecular weight is 367 g/mol. The van der Waals surface area contributed by atoms with Crippen molar-refractivity contribution in [2.75, 3.05) is 6.61 Å². The fourth-order valence-corrected chi connectivity index (χ4v) is 3.43. The van der Waals surface area contributed by atoms with E-state index in [0.29, 0.717) is 4.88 Å². The van der Waals surface area contributed by atoms with E-state index in [1.807, 2.05) is 23.6 Å². The summed E-state index contributed by atoms with van der Waals surface area (Å²) in [6.45, 7) is 6.69. The van der Waals surface area contributed by atoms with Gasteiger partial charge in [-0.1, -0.05) is 32.9 Å². The number of carbonyl (C=O) groups is 1. The summed E-state index contributed by atoms with van der Waals surface area (Å²) < 4.78 is 6.42. The second kappa shape index (κ2) is 6.75. The van der Waals surface area contributed by atoms with Crippen LogP contribution < -0.4 is 4.74 Å². The molecule has 0 unspecified atom stereocenters. The number of ether oxygens (including phenoxy) is 1. The number of hydrogen-bond acceptors (Lipinski definition) is 3. The predicted octanol–water partition coefficient (Wildman–Crippen LogP) is 5.46. The van der Waals surface area contributed by atoms with Gasteiger partial charge in [-0.15, -0.1) is 11.3 Å². The molecule has 0 amide bonds. The number of rotatable bonds is 6. The lowest BCUT2D eigenvalue weighted by Gasteiger charge is -2.23. The van der Waals surface area contributed by atoms with Crippen molar-refractivity contribution in [3.05, 3.63) is 50.6 Å². The molecule has 0 N–H and O–H groups in total. The molecule has 1 aromatic heterocycles. The molecule has 4 heteroatoms. The molecule has 0 saturated carbocycles. The van der Waals surface area contributed by atoms with Gasteiger partial charge in [0.15, 0.2) is 6.61 Å². The summed E-state index contributed by atoms with van der Waals surface area (Å²) in [6.07, 6.45) is 1.08. The van der Waals surface area contributed by atoms with Crippen molar-refractivity contribution in [1.29, 1.82) is 0 Å². The molecule has 2 rings (SSSR count). The maximum absolute atomic E-state index is 12.0. The van der Waals surface area contributed by atoms with Crippen LogP contribution in [0, 0.1) is 0 Å². The third-order valence-corrected chi connectivity index (χ3v) is 5.64. The largest absolute Gasteiger partial charge is 0.485 e. The Morgan fingerprint density at radius 2 is 1.90 bits per heavy atom. The van der Waals surface area contributed by atoms with E-state index in [1.165, 1.54) is 16.9 Å². The smallest absolute Gasteiger partial charge is 0.211 e. The van der Waals surface area contributed by atoms with Crippen molar-refractivity contribution in [2.24, 2.45) is 0 Å². The van der Waals surface area contributed by atoms with Gasteiger partial charge in [-0.05, 0) is 56.9 Å². The third-order valence-electron chi connectivity index (χ3n) is 3.76. The highest BCUT2D eigenvalue weighted by molar-refractivity contribution is 9.10. The number of Topliss-reactive ketones (excluding diaryl/α,β-unsaturated/α-hetero) is 1. The number of carbonyl (C=O) groups excluding carboxylic acids is 1. The van der Waals surface area contributed by atoms with E-state index in [2.05, 4.69) is 48.8 Å². The Kier molecular flexibility index (Phi) is 5.22. The first-order chi connectivity index (χ1) is 9.94. The van der Waals surface area contributed by atoms with E-state index in [0.717, 1.165) is 16.6 Å². The van der Waals surface area contributed by atoms with E-state index in [1.54, 1.807) is 0 Å². The van der Waals surface area contributed by atoms with Crippen LogP contribution in [0.2, 0.25) is 0 Å². The standard InChI is InChI=1S/C17H19BrO2S/c1-4-17(2,3)12-5-7-13(8-6-12)20-11-15(19)16-14(18)9-10-21-16/h5-10H,4,11H2,1-3H3. The lowest BCUT2D eigenvalue weighted by Crippen LogP contribution is -2.15. The summed E-state index contributed by atoms with van der Waals surface area (Å²) in [6, 6.07) is 9.89. The van der Waals surface area contributed by atoms with Gasteiger partial charge < -0.3 is 4.74 Å². The van der Waals surface area contributed by atoms with Crippen molar-refractivity contribution in [2.45, 2.75) is 32.6 Å². The van der Waals surface area contributed by atoms with Gasteiger partial charge in [0.05, 0.1) is 4.88 Å². The summed E-state index contributed by atoms with van der Waals surface area (Å²) in [5.74, 6) is 0.724. The van der Waals surface area contributed by atoms with Crippen LogP contribution in [-0.2, 0) is 5.41 Å². The topological polar surface area (TPSA) is 26.3 Å². The second-order valence-corrected chi connectivity index (χ2v) is 7.34. The first kappa shape index (κ1) is 16.2. The minimum absolute atomic E-state index is 0.00478. The van der Waals surface area contributed by atoms with Gasteiger partial charge in [0.1, 0.15) is 5.75 Å². The average Bonchev–Trinajstić information content (AvgIpc) is 2.91. The Hall–Kier alpha value is -1.13. The van der Waals surface area contributed by atoms with Crippen molar-refractivity contribution < 1.29 is 9.53 Å². The molecule has 0 spiro atoms. The Labute approximate surface area is 138 Å². The maximum atomic E-state index is 12.0. The second-order valence-electron chi connectivity index (χ2n) is 5.57. The van der Waals surface area contributed by atoms with Crippen molar-refractivity contribution in [3.63, 3.8) is 0 Å². The SMILES string of the molecule is CCC(C)(C)c1ccc(OCC(=O)c2sccc2Br)cc1. The number of ketones is 1. The van der Waals surface area contributed by atoms with Crippen LogP contribution in [0.4, 0.5) is 0 Å². The molecule has 0 aliphatic rings. The van der Waals surface area contributed by atoms with E-state index >= 15 is 0 Å². The van der Waals surface area contributed by atoms with E-state index in [-0.39, 0.29) is 17.8 Å². The summed E-state index contributed by atoms with van der Waals surface area (Å²) in [4.78, 5) is 12.7. The van der Waals surface area contributed by atoms with Crippen molar-refractivity contribution in [3.8, 4) is 5.75 Å². The van der Waals surface area contributed by atoms with Gasteiger partial charge in [0.2, 0.25) is 5.78 Å². The molecule has 0 saturated heterocycles. The van der Waals surface area contributed by atoms with Crippen LogP contribution in [0.3, 0.4) is 0 Å². The van der Waals surface area contributed by atoms with Crippen LogP contribution in [0.5, 0.6) is 5.75 Å². The van der Waals surface area contributed by atoms with Gasteiger partial charge in [-0.2, -0.15) is 0 Å². The molecule has 0 fully saturated rings. The van der Waals surface area contributed by atoms with Crippen LogP contribution in [-0.4, -0.2) is 12.4 Å². The molecule has 0 aliphatic carbocycles. The Morgan fingerprint density at radius 3 is 2.43 bits per heavy atom. The Balaban J connectivity index is 1.98. The van der Waals surface area contributed by atoms with Gasteiger partial charge >= 0.3 is 0 Å². The van der Waals surface area contributed by atoms with Gasteiger partial charge in [0, 0.05) is 4.47 Å². The van der Waals surface area contributed by atoms with Crippen molar-refractivity contribution >= 4 is 33.0 Å². The zero-order valence-corrected chi connectivity index (χ0v) is 14.9. The third kappa shape index (κ3) is 3.95. The van der Waals surface area contributed by atoms with Gasteiger partial charge in [-0.25, -0.2) is 0 Å². The number of benzene rings is 1. The van der Waals surface area contributed by atoms with Gasteiger partial charge in [0.25, 0.3) is 0 Å². The maximum Gasteiger partial charge on any atom is 0.211 e. The van der Waals surface area contributed by atoms with Crippen LogP contribution >= 0.6 is 27.3 Å². The molecule has 0 bridgehead atoms. The van der Waals surface area contributed by atoms with E-state index in [9.17, 15) is 4.79 Å². The molecule has 112 valence electrons. The molecule has 1 heterocycles. The number of halogens is 1. The van der Waals surface area contributed by atoms with Crippen LogP contribution in [0.1, 0.15) is 42.4 Å². The highest BCUT2D eigenvalue weighted by Crippen LogP contribution is 2.28. The highest BCUT2D eigenvalue weighted by atomic mass is 79.9. The Morgan fingerprint density at radius 1 is 1.24 bits per heavy atom. The molecular formula is C17H19BrO2S.